The van der Waals surface area contributed by atoms with Crippen LogP contribution in [0.3, 0.4) is 0 Å². The molecule has 1 heterocycles. The second-order valence-electron chi connectivity index (χ2n) is 5.84. The molecule has 0 spiro atoms. The second-order valence-corrected chi connectivity index (χ2v) is 7.73. The van der Waals surface area contributed by atoms with Crippen LogP contribution in [0.2, 0.25) is 0 Å². The van der Waals surface area contributed by atoms with Crippen molar-refractivity contribution >= 4 is 17.7 Å². The maximum Gasteiger partial charge on any atom is 0.240 e. The number of nitrogens with zero attached hydrogens (tertiary/aromatic N) is 1. The first-order valence-electron chi connectivity index (χ1n) is 5.91. The summed E-state index contributed by atoms with van der Waals surface area (Å²) in [5.74, 6) is 0.103. The van der Waals surface area contributed by atoms with Crippen LogP contribution in [0.25, 0.3) is 0 Å². The Morgan fingerprint density at radius 2 is 1.75 bits per heavy atom. The van der Waals surface area contributed by atoms with Crippen LogP contribution in [0, 0.1) is 5.41 Å². The Morgan fingerprint density at radius 1 is 1.31 bits per heavy atom. The summed E-state index contributed by atoms with van der Waals surface area (Å²) in [5.41, 5.74) is 5.86. The Balaban J connectivity index is 2.67. The highest BCUT2D eigenvalue weighted by atomic mass is 32.2. The largest absolute Gasteiger partial charge is 0.339 e. The molecular weight excluding hydrogens is 220 g/mol. The highest BCUT2D eigenvalue weighted by Crippen LogP contribution is 2.27. The van der Waals surface area contributed by atoms with Crippen molar-refractivity contribution in [3.8, 4) is 0 Å². The van der Waals surface area contributed by atoms with Gasteiger partial charge in [-0.2, -0.15) is 11.8 Å². The molecule has 3 nitrogen and oxygen atoms in total. The molecule has 1 aliphatic heterocycles. The smallest absolute Gasteiger partial charge is 0.240 e. The Kier molecular flexibility index (Phi) is 4.29. The van der Waals surface area contributed by atoms with E-state index in [0.717, 1.165) is 13.1 Å². The third-order valence-corrected chi connectivity index (χ3v) is 4.16. The van der Waals surface area contributed by atoms with E-state index in [1.807, 2.05) is 37.4 Å². The predicted molar refractivity (Wildman–Crippen MR) is 70.5 cm³/mol. The second kappa shape index (κ2) is 4.96. The van der Waals surface area contributed by atoms with Crippen molar-refractivity contribution in [2.24, 2.45) is 11.1 Å². The summed E-state index contributed by atoms with van der Waals surface area (Å²) in [6.45, 7) is 12.0. The minimum Gasteiger partial charge on any atom is -0.339 e. The highest BCUT2D eigenvalue weighted by molar-refractivity contribution is 8.00. The topological polar surface area (TPSA) is 46.3 Å². The summed E-state index contributed by atoms with van der Waals surface area (Å²) in [4.78, 5) is 14.2. The van der Waals surface area contributed by atoms with E-state index in [-0.39, 0.29) is 11.3 Å². The van der Waals surface area contributed by atoms with Gasteiger partial charge in [0.25, 0.3) is 0 Å². The van der Waals surface area contributed by atoms with Crippen LogP contribution in [0.4, 0.5) is 0 Å². The Hall–Kier alpha value is -0.220. The first-order chi connectivity index (χ1) is 7.21. The number of hydrogen-bond acceptors (Lipinski definition) is 3. The van der Waals surface area contributed by atoms with E-state index in [1.54, 1.807) is 0 Å². The van der Waals surface area contributed by atoms with Gasteiger partial charge in [-0.15, -0.1) is 0 Å². The number of nitrogens with two attached hydrogens (primary N) is 1. The van der Waals surface area contributed by atoms with E-state index < -0.39 is 6.04 Å². The zero-order valence-electron chi connectivity index (χ0n) is 11.0. The van der Waals surface area contributed by atoms with Gasteiger partial charge in [0.1, 0.15) is 0 Å². The number of thioether (sulfide) groups is 1. The quantitative estimate of drug-likeness (QED) is 0.764. The van der Waals surface area contributed by atoms with E-state index in [4.69, 9.17) is 5.73 Å². The van der Waals surface area contributed by atoms with Crippen molar-refractivity contribution in [3.63, 3.8) is 0 Å². The molecule has 1 saturated heterocycles. The lowest BCUT2D eigenvalue weighted by atomic mass is 9.86. The lowest BCUT2D eigenvalue weighted by Crippen LogP contribution is -2.54. The lowest BCUT2D eigenvalue weighted by Gasteiger charge is -2.38. The molecule has 2 N–H and O–H groups in total. The molecule has 3 atom stereocenters. The van der Waals surface area contributed by atoms with Crippen molar-refractivity contribution in [1.29, 1.82) is 0 Å². The van der Waals surface area contributed by atoms with Crippen LogP contribution in [0.15, 0.2) is 0 Å². The fraction of sp³-hybridized carbons (Fsp3) is 0.917. The van der Waals surface area contributed by atoms with E-state index in [9.17, 15) is 4.79 Å². The number of carbonyl (C=O) groups is 1. The number of carbonyl (C=O) groups excluding carboxylic acids is 1. The summed E-state index contributed by atoms with van der Waals surface area (Å²) in [6, 6.07) is -0.394. The zero-order valence-corrected chi connectivity index (χ0v) is 11.8. The van der Waals surface area contributed by atoms with Gasteiger partial charge in [0.05, 0.1) is 6.04 Å². The Labute approximate surface area is 103 Å². The molecule has 0 radical (unpaired) electrons. The fourth-order valence-electron chi connectivity index (χ4n) is 1.92. The first kappa shape index (κ1) is 13.8. The fourth-order valence-corrected chi connectivity index (χ4v) is 3.25. The highest BCUT2D eigenvalue weighted by Gasteiger charge is 2.34. The third-order valence-electron chi connectivity index (χ3n) is 2.93. The van der Waals surface area contributed by atoms with E-state index >= 15 is 0 Å². The summed E-state index contributed by atoms with van der Waals surface area (Å²) in [6.07, 6.45) is 0. The van der Waals surface area contributed by atoms with Gasteiger partial charge < -0.3 is 10.6 Å². The lowest BCUT2D eigenvalue weighted by molar-refractivity contribution is -0.135. The SMILES string of the molecule is CC1CN(C(=O)C(N)C(C)(C)C)CC(C)S1. The van der Waals surface area contributed by atoms with Crippen LogP contribution in [-0.4, -0.2) is 40.4 Å². The summed E-state index contributed by atoms with van der Waals surface area (Å²) in [7, 11) is 0. The molecule has 1 amide bonds. The van der Waals surface area contributed by atoms with E-state index in [2.05, 4.69) is 13.8 Å². The molecule has 3 unspecified atom stereocenters. The minimum atomic E-state index is -0.394. The normalized spacial score (nSPS) is 29.0. The van der Waals surface area contributed by atoms with Crippen molar-refractivity contribution < 1.29 is 4.79 Å². The van der Waals surface area contributed by atoms with Crippen molar-refractivity contribution in [1.82, 2.24) is 4.90 Å². The van der Waals surface area contributed by atoms with Crippen molar-refractivity contribution in [3.05, 3.63) is 0 Å². The monoisotopic (exact) mass is 244 g/mol. The molecule has 0 aromatic rings. The maximum absolute atomic E-state index is 12.2. The van der Waals surface area contributed by atoms with Gasteiger partial charge in [0.2, 0.25) is 5.91 Å². The molecule has 1 rings (SSSR count). The molecule has 0 aromatic carbocycles. The van der Waals surface area contributed by atoms with Crippen LogP contribution < -0.4 is 5.73 Å². The van der Waals surface area contributed by atoms with Crippen molar-refractivity contribution in [2.45, 2.75) is 51.2 Å². The van der Waals surface area contributed by atoms with Gasteiger partial charge in [-0.05, 0) is 5.41 Å². The molecule has 0 aliphatic carbocycles. The molecule has 0 saturated carbocycles. The summed E-state index contributed by atoms with van der Waals surface area (Å²) < 4.78 is 0. The zero-order chi connectivity index (χ0) is 12.5. The average molecular weight is 244 g/mol. The number of rotatable bonds is 1. The van der Waals surface area contributed by atoms with Crippen LogP contribution >= 0.6 is 11.8 Å². The molecule has 0 bridgehead atoms. The minimum absolute atomic E-state index is 0.103. The first-order valence-corrected chi connectivity index (χ1v) is 6.86. The molecule has 16 heavy (non-hydrogen) atoms. The summed E-state index contributed by atoms with van der Waals surface area (Å²) in [5, 5.41) is 1.03. The molecule has 0 aromatic heterocycles. The standard InChI is InChI=1S/C12H24N2OS/c1-8-6-14(7-9(2)16-8)11(15)10(13)12(3,4)5/h8-10H,6-7,13H2,1-5H3. The predicted octanol–water partition coefficient (Wildman–Crippen LogP) is 1.71. The number of hydrogen-bond donors (Lipinski definition) is 1. The molecule has 94 valence electrons. The van der Waals surface area contributed by atoms with Gasteiger partial charge in [-0.25, -0.2) is 0 Å². The molecule has 1 fully saturated rings. The molecular formula is C12H24N2OS. The maximum atomic E-state index is 12.2. The summed E-state index contributed by atoms with van der Waals surface area (Å²) >= 11 is 1.95. The van der Waals surface area contributed by atoms with Crippen LogP contribution in [0.1, 0.15) is 34.6 Å². The molecule has 4 heteroatoms. The van der Waals surface area contributed by atoms with Gasteiger partial charge in [-0.3, -0.25) is 4.79 Å². The molecule has 1 aliphatic rings. The Morgan fingerprint density at radius 3 is 2.12 bits per heavy atom. The van der Waals surface area contributed by atoms with E-state index in [0.29, 0.717) is 10.5 Å². The van der Waals surface area contributed by atoms with Gasteiger partial charge in [0, 0.05) is 23.6 Å². The average Bonchev–Trinajstić information content (AvgIpc) is 2.12. The van der Waals surface area contributed by atoms with Crippen LogP contribution in [0.5, 0.6) is 0 Å². The number of amides is 1. The van der Waals surface area contributed by atoms with Crippen LogP contribution in [-0.2, 0) is 4.79 Å². The Bertz CT molecular complexity index is 252. The van der Waals surface area contributed by atoms with Crippen molar-refractivity contribution in [2.75, 3.05) is 13.1 Å². The van der Waals surface area contributed by atoms with Gasteiger partial charge in [0.15, 0.2) is 0 Å². The van der Waals surface area contributed by atoms with Gasteiger partial charge in [-0.1, -0.05) is 34.6 Å². The van der Waals surface area contributed by atoms with E-state index in [1.165, 1.54) is 0 Å². The van der Waals surface area contributed by atoms with Gasteiger partial charge >= 0.3 is 0 Å². The third kappa shape index (κ3) is 3.39.